The number of hydrogen-bond acceptors (Lipinski definition) is 2. The summed E-state index contributed by atoms with van der Waals surface area (Å²) in [5.41, 5.74) is 0.716. The third-order valence-electron chi connectivity index (χ3n) is 2.24. The minimum atomic E-state index is -0.0725. The standard InChI is InChI=1S/C13H10ClIO2/c14-10-2-1-9(8-16)13(7-10)17-12-5-3-11(15)4-6-12/h1-7,16H,8H2. The SMILES string of the molecule is OCc1ccc(Cl)cc1Oc1ccc(I)cc1. The maximum atomic E-state index is 9.21. The van der Waals surface area contributed by atoms with E-state index in [9.17, 15) is 5.11 Å². The van der Waals surface area contributed by atoms with Gasteiger partial charge in [-0.2, -0.15) is 0 Å². The minimum absolute atomic E-state index is 0.0725. The van der Waals surface area contributed by atoms with Gasteiger partial charge in [0.2, 0.25) is 0 Å². The first-order valence-corrected chi connectivity index (χ1v) is 6.47. The van der Waals surface area contributed by atoms with Crippen LogP contribution in [0.3, 0.4) is 0 Å². The van der Waals surface area contributed by atoms with Crippen molar-refractivity contribution in [2.24, 2.45) is 0 Å². The molecule has 88 valence electrons. The Hall–Kier alpha value is -0.780. The van der Waals surface area contributed by atoms with Crippen LogP contribution in [0.2, 0.25) is 5.02 Å². The van der Waals surface area contributed by atoms with Gasteiger partial charge in [-0.05, 0) is 59.0 Å². The summed E-state index contributed by atoms with van der Waals surface area (Å²) >= 11 is 8.13. The fourth-order valence-corrected chi connectivity index (χ4v) is 1.91. The first-order chi connectivity index (χ1) is 8.19. The van der Waals surface area contributed by atoms with Crippen LogP contribution in [0.5, 0.6) is 11.5 Å². The summed E-state index contributed by atoms with van der Waals surface area (Å²) in [4.78, 5) is 0. The molecule has 0 saturated heterocycles. The van der Waals surface area contributed by atoms with E-state index in [4.69, 9.17) is 16.3 Å². The van der Waals surface area contributed by atoms with Crippen LogP contribution in [0.4, 0.5) is 0 Å². The zero-order valence-electron chi connectivity index (χ0n) is 8.86. The van der Waals surface area contributed by atoms with Gasteiger partial charge in [0.1, 0.15) is 11.5 Å². The van der Waals surface area contributed by atoms with Crippen LogP contribution in [0.25, 0.3) is 0 Å². The molecule has 2 rings (SSSR count). The highest BCUT2D eigenvalue weighted by Gasteiger charge is 2.05. The van der Waals surface area contributed by atoms with Crippen LogP contribution >= 0.6 is 34.2 Å². The molecule has 0 unspecified atom stereocenters. The summed E-state index contributed by atoms with van der Waals surface area (Å²) in [6.45, 7) is -0.0725. The lowest BCUT2D eigenvalue weighted by atomic mass is 10.2. The molecule has 0 bridgehead atoms. The molecule has 0 fully saturated rings. The summed E-state index contributed by atoms with van der Waals surface area (Å²) in [6.07, 6.45) is 0. The molecule has 2 aromatic carbocycles. The number of ether oxygens (including phenoxy) is 1. The van der Waals surface area contributed by atoms with Crippen molar-refractivity contribution in [3.63, 3.8) is 0 Å². The van der Waals surface area contributed by atoms with Crippen molar-refractivity contribution < 1.29 is 9.84 Å². The maximum absolute atomic E-state index is 9.21. The largest absolute Gasteiger partial charge is 0.457 e. The van der Waals surface area contributed by atoms with Crippen LogP contribution < -0.4 is 4.74 Å². The Morgan fingerprint density at radius 1 is 1.12 bits per heavy atom. The second-order valence-corrected chi connectivity index (χ2v) is 5.15. The van der Waals surface area contributed by atoms with Gasteiger partial charge >= 0.3 is 0 Å². The Morgan fingerprint density at radius 2 is 1.82 bits per heavy atom. The molecule has 2 aromatic rings. The van der Waals surface area contributed by atoms with Crippen molar-refractivity contribution in [1.82, 2.24) is 0 Å². The summed E-state index contributed by atoms with van der Waals surface area (Å²) in [6, 6.07) is 12.9. The lowest BCUT2D eigenvalue weighted by Crippen LogP contribution is -1.91. The second-order valence-electron chi connectivity index (χ2n) is 3.47. The fourth-order valence-electron chi connectivity index (χ4n) is 1.38. The summed E-state index contributed by atoms with van der Waals surface area (Å²) in [5, 5.41) is 9.79. The molecule has 0 spiro atoms. The Labute approximate surface area is 118 Å². The number of rotatable bonds is 3. The predicted octanol–water partition coefficient (Wildman–Crippen LogP) is 4.23. The van der Waals surface area contributed by atoms with E-state index in [1.54, 1.807) is 18.2 Å². The third-order valence-corrected chi connectivity index (χ3v) is 3.20. The number of aliphatic hydroxyl groups is 1. The molecule has 0 saturated carbocycles. The molecule has 0 radical (unpaired) electrons. The molecule has 0 heterocycles. The molecule has 0 aliphatic rings. The van der Waals surface area contributed by atoms with E-state index in [0.717, 1.165) is 9.32 Å². The van der Waals surface area contributed by atoms with Crippen molar-refractivity contribution >= 4 is 34.2 Å². The van der Waals surface area contributed by atoms with E-state index < -0.39 is 0 Å². The van der Waals surface area contributed by atoms with E-state index in [1.165, 1.54) is 0 Å². The van der Waals surface area contributed by atoms with E-state index >= 15 is 0 Å². The fraction of sp³-hybridized carbons (Fsp3) is 0.0769. The van der Waals surface area contributed by atoms with E-state index in [2.05, 4.69) is 22.6 Å². The van der Waals surface area contributed by atoms with Crippen molar-refractivity contribution in [1.29, 1.82) is 0 Å². The van der Waals surface area contributed by atoms with Crippen LogP contribution in [0.15, 0.2) is 42.5 Å². The normalized spacial score (nSPS) is 10.3. The molecular formula is C13H10ClIO2. The highest BCUT2D eigenvalue weighted by molar-refractivity contribution is 14.1. The minimum Gasteiger partial charge on any atom is -0.457 e. The van der Waals surface area contributed by atoms with Crippen LogP contribution in [0.1, 0.15) is 5.56 Å². The van der Waals surface area contributed by atoms with Crippen LogP contribution in [-0.4, -0.2) is 5.11 Å². The molecular weight excluding hydrogens is 350 g/mol. The van der Waals surface area contributed by atoms with E-state index in [-0.39, 0.29) is 6.61 Å². The van der Waals surface area contributed by atoms with Gasteiger partial charge in [-0.1, -0.05) is 17.7 Å². The maximum Gasteiger partial charge on any atom is 0.134 e. The van der Waals surface area contributed by atoms with Crippen molar-refractivity contribution in [2.75, 3.05) is 0 Å². The smallest absolute Gasteiger partial charge is 0.134 e. The zero-order valence-corrected chi connectivity index (χ0v) is 11.8. The topological polar surface area (TPSA) is 29.5 Å². The highest BCUT2D eigenvalue weighted by atomic mass is 127. The van der Waals surface area contributed by atoms with Gasteiger partial charge in [-0.15, -0.1) is 0 Å². The average Bonchev–Trinajstić information content (AvgIpc) is 2.32. The quantitative estimate of drug-likeness (QED) is 0.830. The van der Waals surface area contributed by atoms with Crippen molar-refractivity contribution in [2.45, 2.75) is 6.61 Å². The van der Waals surface area contributed by atoms with E-state index in [1.807, 2.05) is 24.3 Å². The first-order valence-electron chi connectivity index (χ1n) is 5.02. The van der Waals surface area contributed by atoms with Gasteiger partial charge in [0.15, 0.2) is 0 Å². The highest BCUT2D eigenvalue weighted by Crippen LogP contribution is 2.28. The third kappa shape index (κ3) is 3.34. The Balaban J connectivity index is 2.28. The first kappa shape index (κ1) is 12.7. The van der Waals surface area contributed by atoms with E-state index in [0.29, 0.717) is 16.3 Å². The molecule has 0 atom stereocenters. The van der Waals surface area contributed by atoms with Gasteiger partial charge in [-0.3, -0.25) is 0 Å². The molecule has 1 N–H and O–H groups in total. The number of hydrogen-bond donors (Lipinski definition) is 1. The Kier molecular flexibility index (Phi) is 4.25. The lowest BCUT2D eigenvalue weighted by molar-refractivity contribution is 0.276. The van der Waals surface area contributed by atoms with Crippen LogP contribution in [0, 0.1) is 3.57 Å². The number of halogens is 2. The molecule has 17 heavy (non-hydrogen) atoms. The monoisotopic (exact) mass is 360 g/mol. The Morgan fingerprint density at radius 3 is 2.47 bits per heavy atom. The second kappa shape index (κ2) is 5.71. The van der Waals surface area contributed by atoms with Gasteiger partial charge < -0.3 is 9.84 Å². The molecule has 0 aliphatic heterocycles. The van der Waals surface area contributed by atoms with Crippen LogP contribution in [-0.2, 0) is 6.61 Å². The predicted molar refractivity (Wildman–Crippen MR) is 76.6 cm³/mol. The molecule has 0 amide bonds. The summed E-state index contributed by atoms with van der Waals surface area (Å²) in [7, 11) is 0. The zero-order chi connectivity index (χ0) is 12.3. The summed E-state index contributed by atoms with van der Waals surface area (Å²) in [5.74, 6) is 1.31. The van der Waals surface area contributed by atoms with Gasteiger partial charge in [0.05, 0.1) is 6.61 Å². The van der Waals surface area contributed by atoms with Crippen molar-refractivity contribution in [3.05, 3.63) is 56.6 Å². The average molecular weight is 361 g/mol. The van der Waals surface area contributed by atoms with Gasteiger partial charge in [0.25, 0.3) is 0 Å². The number of benzene rings is 2. The van der Waals surface area contributed by atoms with Gasteiger partial charge in [0, 0.05) is 14.2 Å². The summed E-state index contributed by atoms with van der Waals surface area (Å²) < 4.78 is 6.83. The lowest BCUT2D eigenvalue weighted by Gasteiger charge is -2.10. The molecule has 0 aromatic heterocycles. The number of aliphatic hydroxyl groups excluding tert-OH is 1. The molecule has 2 nitrogen and oxygen atoms in total. The van der Waals surface area contributed by atoms with Crippen molar-refractivity contribution in [3.8, 4) is 11.5 Å². The molecule has 0 aliphatic carbocycles. The Bertz CT molecular complexity index is 511. The van der Waals surface area contributed by atoms with Gasteiger partial charge in [-0.25, -0.2) is 0 Å². The molecule has 4 heteroatoms.